The van der Waals surface area contributed by atoms with Crippen LogP contribution in [0.5, 0.6) is 0 Å². The maximum Gasteiger partial charge on any atom is 0.414 e. The van der Waals surface area contributed by atoms with Crippen LogP contribution in [0.4, 0.5) is 14.9 Å². The number of benzene rings is 1. The highest BCUT2D eigenvalue weighted by Gasteiger charge is 2.33. The van der Waals surface area contributed by atoms with Gasteiger partial charge in [0.15, 0.2) is 5.11 Å². The first-order valence-corrected chi connectivity index (χ1v) is 8.76. The van der Waals surface area contributed by atoms with Gasteiger partial charge in [-0.2, -0.15) is 0 Å². The number of carbonyl (C=O) groups excluding carboxylic acids is 1. The first kappa shape index (κ1) is 17.0. The number of nitrogens with one attached hydrogen (secondary N) is 1. The topological polar surface area (TPSA) is 67.6 Å². The molecule has 5 nitrogen and oxygen atoms in total. The molecule has 1 amide bonds. The summed E-state index contributed by atoms with van der Waals surface area (Å²) in [5.41, 5.74) is 6.66. The first-order valence-electron chi connectivity index (χ1n) is 8.35. The highest BCUT2D eigenvalue weighted by molar-refractivity contribution is 7.80. The molecular weight excluding hydrogens is 329 g/mol. The van der Waals surface area contributed by atoms with Crippen LogP contribution in [-0.2, 0) is 4.74 Å². The van der Waals surface area contributed by atoms with Crippen LogP contribution >= 0.6 is 12.2 Å². The Balaban J connectivity index is 1.69. The first-order chi connectivity index (χ1) is 11.5. The summed E-state index contributed by atoms with van der Waals surface area (Å²) in [7, 11) is 0. The van der Waals surface area contributed by atoms with Gasteiger partial charge < -0.3 is 15.8 Å². The van der Waals surface area contributed by atoms with Crippen LogP contribution in [0.2, 0.25) is 0 Å². The van der Waals surface area contributed by atoms with Crippen LogP contribution in [0.25, 0.3) is 0 Å². The zero-order valence-corrected chi connectivity index (χ0v) is 14.3. The maximum absolute atomic E-state index is 14.5. The van der Waals surface area contributed by atoms with E-state index in [0.717, 1.165) is 31.2 Å². The normalized spacial score (nSPS) is 21.6. The Morgan fingerprint density at radius 3 is 2.79 bits per heavy atom. The van der Waals surface area contributed by atoms with E-state index in [9.17, 15) is 9.18 Å². The van der Waals surface area contributed by atoms with Crippen LogP contribution in [0.3, 0.4) is 0 Å². The number of cyclic esters (lactones) is 1. The average Bonchev–Trinajstić information content (AvgIpc) is 2.94. The fraction of sp³-hybridized carbons (Fsp3) is 0.529. The molecule has 0 spiro atoms. The molecule has 1 heterocycles. The van der Waals surface area contributed by atoms with Gasteiger partial charge in [-0.25, -0.2) is 9.18 Å². The standard InChI is InChI=1S/C17H22FN3O2S/c18-15-8-12(6-7-14(15)11-4-2-1-3-5-11)21-10-13(23-17(21)22)9-20-16(19)24/h6-8,11,13H,1-5,9-10H2,(H3,19,20,24)/t13-/m0/s1. The van der Waals surface area contributed by atoms with Crippen LogP contribution in [0.15, 0.2) is 18.2 Å². The zero-order valence-electron chi connectivity index (χ0n) is 13.5. The molecule has 1 aliphatic heterocycles. The molecule has 2 fully saturated rings. The number of anilines is 1. The summed E-state index contributed by atoms with van der Waals surface area (Å²) in [6, 6.07) is 5.06. The summed E-state index contributed by atoms with van der Waals surface area (Å²) in [6.07, 6.45) is 4.78. The van der Waals surface area contributed by atoms with E-state index in [1.54, 1.807) is 6.07 Å². The van der Waals surface area contributed by atoms with Crippen molar-refractivity contribution in [3.8, 4) is 0 Å². The number of thiocarbonyl (C=S) groups is 1. The fourth-order valence-electron chi connectivity index (χ4n) is 3.48. The summed E-state index contributed by atoms with van der Waals surface area (Å²) < 4.78 is 19.8. The molecule has 3 rings (SSSR count). The quantitative estimate of drug-likeness (QED) is 0.816. The molecule has 1 aliphatic carbocycles. The Kier molecular flexibility index (Phi) is 5.18. The van der Waals surface area contributed by atoms with E-state index in [-0.39, 0.29) is 17.0 Å². The molecular formula is C17H22FN3O2S. The number of halogens is 1. The highest BCUT2D eigenvalue weighted by Crippen LogP contribution is 2.35. The Bertz CT molecular complexity index is 634. The van der Waals surface area contributed by atoms with Crippen molar-refractivity contribution >= 4 is 29.1 Å². The lowest BCUT2D eigenvalue weighted by atomic mass is 9.84. The molecule has 0 unspecified atom stereocenters. The van der Waals surface area contributed by atoms with Crippen LogP contribution in [0.1, 0.15) is 43.6 Å². The Hall–Kier alpha value is -1.89. The summed E-state index contributed by atoms with van der Waals surface area (Å²) in [6.45, 7) is 0.691. The van der Waals surface area contributed by atoms with Gasteiger partial charge in [0.25, 0.3) is 0 Å². The molecule has 24 heavy (non-hydrogen) atoms. The SMILES string of the molecule is NC(=S)NC[C@H]1CN(c2ccc(C3CCCCC3)c(F)c2)C(=O)O1. The smallest absolute Gasteiger partial charge is 0.414 e. The van der Waals surface area contributed by atoms with E-state index in [1.807, 2.05) is 6.07 Å². The summed E-state index contributed by atoms with van der Waals surface area (Å²) in [5.74, 6) is 0.0535. The predicted molar refractivity (Wildman–Crippen MR) is 94.6 cm³/mol. The minimum atomic E-state index is -0.477. The third-order valence-electron chi connectivity index (χ3n) is 4.72. The van der Waals surface area contributed by atoms with Gasteiger partial charge in [0.05, 0.1) is 18.8 Å². The minimum Gasteiger partial charge on any atom is -0.442 e. The summed E-state index contributed by atoms with van der Waals surface area (Å²) in [5, 5.41) is 2.93. The monoisotopic (exact) mass is 351 g/mol. The second-order valence-corrected chi connectivity index (χ2v) is 6.84. The molecule has 1 aromatic carbocycles. The van der Waals surface area contributed by atoms with Gasteiger partial charge in [-0.3, -0.25) is 4.90 Å². The van der Waals surface area contributed by atoms with E-state index < -0.39 is 6.09 Å². The predicted octanol–water partition coefficient (Wildman–Crippen LogP) is 3.03. The van der Waals surface area contributed by atoms with E-state index in [4.69, 9.17) is 22.7 Å². The van der Waals surface area contributed by atoms with Crippen molar-refractivity contribution in [3.63, 3.8) is 0 Å². The largest absolute Gasteiger partial charge is 0.442 e. The van der Waals surface area contributed by atoms with Crippen LogP contribution in [-0.4, -0.2) is 30.4 Å². The molecule has 0 aromatic heterocycles. The number of rotatable bonds is 4. The van der Waals surface area contributed by atoms with E-state index in [2.05, 4.69) is 5.32 Å². The van der Waals surface area contributed by atoms with Crippen molar-refractivity contribution in [1.82, 2.24) is 5.32 Å². The van der Waals surface area contributed by atoms with Crippen molar-refractivity contribution in [3.05, 3.63) is 29.6 Å². The zero-order chi connectivity index (χ0) is 17.1. The second-order valence-electron chi connectivity index (χ2n) is 6.40. The molecule has 1 saturated heterocycles. The third kappa shape index (κ3) is 3.77. The summed E-state index contributed by atoms with van der Waals surface area (Å²) >= 11 is 4.74. The average molecular weight is 351 g/mol. The molecule has 7 heteroatoms. The van der Waals surface area contributed by atoms with Crippen molar-refractivity contribution < 1.29 is 13.9 Å². The van der Waals surface area contributed by atoms with Gasteiger partial charge in [-0.05, 0) is 48.7 Å². The Labute approximate surface area is 146 Å². The van der Waals surface area contributed by atoms with Crippen molar-refractivity contribution in [2.75, 3.05) is 18.0 Å². The number of nitrogens with zero attached hydrogens (tertiary/aromatic N) is 1. The number of hydrogen-bond acceptors (Lipinski definition) is 3. The second kappa shape index (κ2) is 7.34. The lowest BCUT2D eigenvalue weighted by Crippen LogP contribution is -2.37. The molecule has 1 aromatic rings. The molecule has 1 atom stereocenters. The van der Waals surface area contributed by atoms with Gasteiger partial charge in [-0.1, -0.05) is 25.3 Å². The molecule has 0 bridgehead atoms. The third-order valence-corrected chi connectivity index (χ3v) is 4.86. The highest BCUT2D eigenvalue weighted by atomic mass is 32.1. The molecule has 130 valence electrons. The maximum atomic E-state index is 14.5. The fourth-order valence-corrected chi connectivity index (χ4v) is 3.57. The van der Waals surface area contributed by atoms with Crippen LogP contribution in [0, 0.1) is 5.82 Å². The van der Waals surface area contributed by atoms with Crippen molar-refractivity contribution in [1.29, 1.82) is 0 Å². The van der Waals surface area contributed by atoms with Gasteiger partial charge in [-0.15, -0.1) is 0 Å². The molecule has 3 N–H and O–H groups in total. The van der Waals surface area contributed by atoms with E-state index in [0.29, 0.717) is 24.7 Å². The van der Waals surface area contributed by atoms with Crippen molar-refractivity contribution in [2.24, 2.45) is 5.73 Å². The van der Waals surface area contributed by atoms with Crippen molar-refractivity contribution in [2.45, 2.75) is 44.1 Å². The number of hydrogen-bond donors (Lipinski definition) is 2. The van der Waals surface area contributed by atoms with E-state index in [1.165, 1.54) is 17.4 Å². The van der Waals surface area contributed by atoms with Gasteiger partial charge in [0, 0.05) is 0 Å². The lowest BCUT2D eigenvalue weighted by molar-refractivity contribution is 0.143. The Morgan fingerprint density at radius 2 is 2.12 bits per heavy atom. The minimum absolute atomic E-state index is 0.160. The molecule has 0 radical (unpaired) electrons. The molecule has 2 aliphatic rings. The number of carbonyl (C=O) groups is 1. The Morgan fingerprint density at radius 1 is 1.38 bits per heavy atom. The number of amides is 1. The van der Waals surface area contributed by atoms with Gasteiger partial charge in [0.1, 0.15) is 11.9 Å². The molecule has 1 saturated carbocycles. The lowest BCUT2D eigenvalue weighted by Gasteiger charge is -2.23. The summed E-state index contributed by atoms with van der Waals surface area (Å²) in [4.78, 5) is 13.5. The van der Waals surface area contributed by atoms with Gasteiger partial charge in [0.2, 0.25) is 0 Å². The van der Waals surface area contributed by atoms with Crippen LogP contribution < -0.4 is 16.0 Å². The number of ether oxygens (including phenoxy) is 1. The van der Waals surface area contributed by atoms with Gasteiger partial charge >= 0.3 is 6.09 Å². The number of nitrogens with two attached hydrogens (primary N) is 1. The van der Waals surface area contributed by atoms with E-state index >= 15 is 0 Å².